The van der Waals surface area contributed by atoms with E-state index in [9.17, 15) is 4.79 Å². The molecule has 0 aromatic carbocycles. The standard InChI is InChI=1S/C15H31N3O2/c1-6-12(7-2)17-14(19)11(3)18-9-13(8-16)20-15(4,5)10-18/h11-13H,6-10,16H2,1-5H3,(H,17,19). The Balaban J connectivity index is 2.65. The molecule has 1 saturated heterocycles. The maximum atomic E-state index is 12.4. The van der Waals surface area contributed by atoms with Crippen LogP contribution in [0.1, 0.15) is 47.5 Å². The topological polar surface area (TPSA) is 67.6 Å². The summed E-state index contributed by atoms with van der Waals surface area (Å²) in [7, 11) is 0. The van der Waals surface area contributed by atoms with E-state index in [2.05, 4.69) is 24.1 Å². The molecule has 0 bridgehead atoms. The summed E-state index contributed by atoms with van der Waals surface area (Å²) < 4.78 is 5.91. The van der Waals surface area contributed by atoms with Crippen molar-refractivity contribution in [2.45, 2.75) is 71.2 Å². The monoisotopic (exact) mass is 285 g/mol. The highest BCUT2D eigenvalue weighted by Gasteiger charge is 2.36. The summed E-state index contributed by atoms with van der Waals surface area (Å²) in [5, 5.41) is 3.12. The Labute approximate surface area is 123 Å². The molecular weight excluding hydrogens is 254 g/mol. The molecule has 1 aliphatic heterocycles. The lowest BCUT2D eigenvalue weighted by atomic mass is 10.0. The third-order valence-corrected chi connectivity index (χ3v) is 4.03. The smallest absolute Gasteiger partial charge is 0.237 e. The van der Waals surface area contributed by atoms with Crippen LogP contribution in [-0.4, -0.2) is 54.2 Å². The Morgan fingerprint density at radius 1 is 1.45 bits per heavy atom. The number of nitrogens with two attached hydrogens (primary N) is 1. The van der Waals surface area contributed by atoms with E-state index in [0.29, 0.717) is 6.54 Å². The van der Waals surface area contributed by atoms with Gasteiger partial charge >= 0.3 is 0 Å². The summed E-state index contributed by atoms with van der Waals surface area (Å²) in [6, 6.07) is 0.122. The number of nitrogens with one attached hydrogen (secondary N) is 1. The van der Waals surface area contributed by atoms with E-state index in [-0.39, 0.29) is 29.7 Å². The van der Waals surface area contributed by atoms with E-state index >= 15 is 0 Å². The van der Waals surface area contributed by atoms with Crippen LogP contribution in [0.2, 0.25) is 0 Å². The second kappa shape index (κ2) is 7.38. The largest absolute Gasteiger partial charge is 0.368 e. The van der Waals surface area contributed by atoms with E-state index in [0.717, 1.165) is 25.9 Å². The lowest BCUT2D eigenvalue weighted by Gasteiger charge is -2.44. The van der Waals surface area contributed by atoms with Crippen LogP contribution in [0.15, 0.2) is 0 Å². The van der Waals surface area contributed by atoms with Crippen molar-refractivity contribution in [3.05, 3.63) is 0 Å². The lowest BCUT2D eigenvalue weighted by molar-refractivity contribution is -0.150. The van der Waals surface area contributed by atoms with E-state index < -0.39 is 0 Å². The van der Waals surface area contributed by atoms with Gasteiger partial charge in [0.25, 0.3) is 0 Å². The van der Waals surface area contributed by atoms with Crippen LogP contribution in [0.5, 0.6) is 0 Å². The average Bonchev–Trinajstić information content (AvgIpc) is 2.41. The summed E-state index contributed by atoms with van der Waals surface area (Å²) in [6.07, 6.45) is 1.94. The second-order valence-corrected chi connectivity index (χ2v) is 6.36. The molecule has 118 valence electrons. The number of morpholine rings is 1. The van der Waals surface area contributed by atoms with Gasteiger partial charge in [-0.05, 0) is 33.6 Å². The number of amides is 1. The quantitative estimate of drug-likeness (QED) is 0.767. The van der Waals surface area contributed by atoms with E-state index in [1.807, 2.05) is 20.8 Å². The normalized spacial score (nSPS) is 24.6. The van der Waals surface area contributed by atoms with Crippen LogP contribution >= 0.6 is 0 Å². The molecule has 0 saturated carbocycles. The first-order valence-electron chi connectivity index (χ1n) is 7.75. The zero-order valence-corrected chi connectivity index (χ0v) is 13.6. The van der Waals surface area contributed by atoms with Crippen molar-refractivity contribution < 1.29 is 9.53 Å². The first kappa shape index (κ1) is 17.4. The zero-order valence-electron chi connectivity index (χ0n) is 13.6. The van der Waals surface area contributed by atoms with Gasteiger partial charge in [-0.1, -0.05) is 13.8 Å². The first-order valence-corrected chi connectivity index (χ1v) is 7.75. The summed E-state index contributed by atoms with van der Waals surface area (Å²) in [6.45, 7) is 12.2. The molecule has 0 radical (unpaired) electrons. The van der Waals surface area contributed by atoms with Crippen LogP contribution in [-0.2, 0) is 9.53 Å². The Kier molecular flexibility index (Phi) is 6.43. The summed E-state index contributed by atoms with van der Waals surface area (Å²) >= 11 is 0. The van der Waals surface area contributed by atoms with Gasteiger partial charge in [0.15, 0.2) is 0 Å². The van der Waals surface area contributed by atoms with Crippen LogP contribution in [0.25, 0.3) is 0 Å². The minimum Gasteiger partial charge on any atom is -0.368 e. The molecule has 0 spiro atoms. The van der Waals surface area contributed by atoms with Crippen molar-refractivity contribution >= 4 is 5.91 Å². The van der Waals surface area contributed by atoms with Crippen molar-refractivity contribution in [2.75, 3.05) is 19.6 Å². The summed E-state index contributed by atoms with van der Waals surface area (Å²) in [5.74, 6) is 0.104. The van der Waals surface area contributed by atoms with Crippen molar-refractivity contribution in [3.63, 3.8) is 0 Å². The molecule has 0 aliphatic carbocycles. The van der Waals surface area contributed by atoms with Crippen molar-refractivity contribution in [1.29, 1.82) is 0 Å². The molecule has 20 heavy (non-hydrogen) atoms. The number of ether oxygens (including phenoxy) is 1. The fourth-order valence-electron chi connectivity index (χ4n) is 2.74. The predicted octanol–water partition coefficient (Wildman–Crippen LogP) is 1.12. The van der Waals surface area contributed by atoms with Crippen molar-refractivity contribution in [1.82, 2.24) is 10.2 Å². The van der Waals surface area contributed by atoms with E-state index in [1.165, 1.54) is 0 Å². The molecule has 1 aliphatic rings. The van der Waals surface area contributed by atoms with E-state index in [4.69, 9.17) is 10.5 Å². The van der Waals surface area contributed by atoms with E-state index in [1.54, 1.807) is 0 Å². The summed E-state index contributed by atoms with van der Waals surface area (Å²) in [5.41, 5.74) is 5.48. The highest BCUT2D eigenvalue weighted by Crippen LogP contribution is 2.22. The van der Waals surface area contributed by atoms with Crippen LogP contribution in [0, 0.1) is 0 Å². The highest BCUT2D eigenvalue weighted by atomic mass is 16.5. The van der Waals surface area contributed by atoms with Gasteiger partial charge in [0.2, 0.25) is 5.91 Å². The maximum Gasteiger partial charge on any atom is 0.237 e. The number of hydrogen-bond acceptors (Lipinski definition) is 4. The number of carbonyl (C=O) groups excluding carboxylic acids is 1. The molecule has 5 nitrogen and oxygen atoms in total. The van der Waals surface area contributed by atoms with Gasteiger partial charge in [0.05, 0.1) is 17.7 Å². The molecule has 1 rings (SSSR count). The Hall–Kier alpha value is -0.650. The SMILES string of the molecule is CCC(CC)NC(=O)C(C)N1CC(CN)OC(C)(C)C1. The molecular formula is C15H31N3O2. The zero-order chi connectivity index (χ0) is 15.3. The van der Waals surface area contributed by atoms with Gasteiger partial charge in [-0.2, -0.15) is 0 Å². The molecule has 5 heteroatoms. The number of carbonyl (C=O) groups is 1. The van der Waals surface area contributed by atoms with Crippen LogP contribution in [0.4, 0.5) is 0 Å². The Morgan fingerprint density at radius 2 is 2.05 bits per heavy atom. The number of nitrogens with zero attached hydrogens (tertiary/aromatic N) is 1. The minimum absolute atomic E-state index is 0.00199. The van der Waals surface area contributed by atoms with Gasteiger partial charge in [0.1, 0.15) is 0 Å². The molecule has 0 aromatic heterocycles. The maximum absolute atomic E-state index is 12.4. The second-order valence-electron chi connectivity index (χ2n) is 6.36. The summed E-state index contributed by atoms with van der Waals surface area (Å²) in [4.78, 5) is 14.5. The van der Waals surface area contributed by atoms with Crippen molar-refractivity contribution in [2.24, 2.45) is 5.73 Å². The minimum atomic E-state index is -0.258. The molecule has 0 aromatic rings. The molecule has 1 amide bonds. The molecule has 1 heterocycles. The number of hydrogen-bond donors (Lipinski definition) is 2. The fourth-order valence-corrected chi connectivity index (χ4v) is 2.74. The molecule has 3 N–H and O–H groups in total. The molecule has 1 fully saturated rings. The Bertz CT molecular complexity index is 316. The van der Waals surface area contributed by atoms with Crippen molar-refractivity contribution in [3.8, 4) is 0 Å². The first-order chi connectivity index (χ1) is 9.32. The van der Waals surface area contributed by atoms with Gasteiger partial charge in [-0.3, -0.25) is 9.69 Å². The van der Waals surface area contributed by atoms with Gasteiger partial charge in [0, 0.05) is 25.7 Å². The van der Waals surface area contributed by atoms with Gasteiger partial charge in [-0.25, -0.2) is 0 Å². The fraction of sp³-hybridized carbons (Fsp3) is 0.933. The predicted molar refractivity (Wildman–Crippen MR) is 81.6 cm³/mol. The number of rotatable bonds is 6. The third kappa shape index (κ3) is 4.72. The van der Waals surface area contributed by atoms with Gasteiger partial charge in [-0.15, -0.1) is 0 Å². The van der Waals surface area contributed by atoms with Gasteiger partial charge < -0.3 is 15.8 Å². The van der Waals surface area contributed by atoms with Crippen LogP contribution < -0.4 is 11.1 Å². The van der Waals surface area contributed by atoms with Crippen LogP contribution in [0.3, 0.4) is 0 Å². The molecule has 2 unspecified atom stereocenters. The molecule has 2 atom stereocenters. The highest BCUT2D eigenvalue weighted by molar-refractivity contribution is 5.81. The lowest BCUT2D eigenvalue weighted by Crippen LogP contribution is -2.60. The Morgan fingerprint density at radius 3 is 2.55 bits per heavy atom. The third-order valence-electron chi connectivity index (χ3n) is 4.03. The average molecular weight is 285 g/mol.